The minimum atomic E-state index is -4.20. The van der Waals surface area contributed by atoms with Gasteiger partial charge in [-0.15, -0.1) is 0 Å². The van der Waals surface area contributed by atoms with Crippen LogP contribution in [-0.4, -0.2) is 25.4 Å². The molecule has 0 unspecified atom stereocenters. The molecule has 0 fully saturated rings. The van der Waals surface area contributed by atoms with Gasteiger partial charge in [-0.1, -0.05) is 18.2 Å². The Morgan fingerprint density at radius 3 is 2.00 bits per heavy atom. The number of ether oxygens (including phenoxy) is 1. The summed E-state index contributed by atoms with van der Waals surface area (Å²) in [5, 5.41) is 22.9. The van der Waals surface area contributed by atoms with Gasteiger partial charge in [-0.3, -0.25) is 25.0 Å². The zero-order chi connectivity index (χ0) is 20.5. The third-order valence-corrected chi connectivity index (χ3v) is 5.37. The van der Waals surface area contributed by atoms with E-state index < -0.39 is 31.2 Å². The number of nitrogens with zero attached hydrogens (tertiary/aromatic N) is 2. The maximum atomic E-state index is 12.7. The molecule has 3 aromatic carbocycles. The standard InChI is InChI=1S/C17H13N3O7S/c1-27-11-6-8-12(9-7-11)28(25,26)18-17-14-5-3-2-4-13(14)15(19(21)22)10-16(17)20(23)24/h2-10,18H,1H3. The maximum Gasteiger partial charge on any atom is 0.300 e. The van der Waals surface area contributed by atoms with Crippen molar-refractivity contribution in [3.8, 4) is 5.75 Å². The number of fused-ring (bicyclic) bond motifs is 1. The van der Waals surface area contributed by atoms with Crippen LogP contribution in [0.25, 0.3) is 10.8 Å². The van der Waals surface area contributed by atoms with E-state index >= 15 is 0 Å². The topological polar surface area (TPSA) is 142 Å². The van der Waals surface area contributed by atoms with Gasteiger partial charge >= 0.3 is 5.69 Å². The van der Waals surface area contributed by atoms with Crippen LogP contribution in [-0.2, 0) is 10.0 Å². The van der Waals surface area contributed by atoms with Crippen LogP contribution in [0, 0.1) is 20.2 Å². The fourth-order valence-corrected chi connectivity index (χ4v) is 3.79. The van der Waals surface area contributed by atoms with Crippen molar-refractivity contribution in [2.75, 3.05) is 11.8 Å². The quantitative estimate of drug-likeness (QED) is 0.490. The largest absolute Gasteiger partial charge is 0.497 e. The Bertz CT molecular complexity index is 1190. The number of sulfonamides is 1. The summed E-state index contributed by atoms with van der Waals surface area (Å²) in [7, 11) is -2.77. The first-order valence-corrected chi connectivity index (χ1v) is 9.24. The van der Waals surface area contributed by atoms with E-state index in [1.54, 1.807) is 0 Å². The number of hydrogen-bond acceptors (Lipinski definition) is 7. The molecule has 0 aliphatic heterocycles. The number of nitrogens with one attached hydrogen (secondary N) is 1. The fourth-order valence-electron chi connectivity index (χ4n) is 2.69. The Kier molecular flexibility index (Phi) is 4.84. The fraction of sp³-hybridized carbons (Fsp3) is 0.0588. The average molecular weight is 403 g/mol. The second-order valence-electron chi connectivity index (χ2n) is 5.63. The number of nitro benzene ring substituents is 2. The van der Waals surface area contributed by atoms with Crippen LogP contribution < -0.4 is 9.46 Å². The van der Waals surface area contributed by atoms with Gasteiger partial charge in [-0.2, -0.15) is 0 Å². The van der Waals surface area contributed by atoms with Crippen molar-refractivity contribution < 1.29 is 23.0 Å². The van der Waals surface area contributed by atoms with E-state index in [0.717, 1.165) is 6.07 Å². The lowest BCUT2D eigenvalue weighted by Crippen LogP contribution is -2.14. The highest BCUT2D eigenvalue weighted by atomic mass is 32.2. The SMILES string of the molecule is COc1ccc(S(=O)(=O)Nc2c([N+](=O)[O-])cc([N+](=O)[O-])c3ccccc23)cc1. The van der Waals surface area contributed by atoms with E-state index in [2.05, 4.69) is 4.72 Å². The Balaban J connectivity index is 2.21. The smallest absolute Gasteiger partial charge is 0.300 e. The summed E-state index contributed by atoms with van der Waals surface area (Å²) in [4.78, 5) is 21.0. The maximum absolute atomic E-state index is 12.7. The van der Waals surface area contributed by atoms with Crippen LogP contribution in [0.15, 0.2) is 59.5 Å². The molecule has 0 aromatic heterocycles. The Labute approximate surface area is 158 Å². The van der Waals surface area contributed by atoms with Gasteiger partial charge in [0.25, 0.3) is 15.7 Å². The van der Waals surface area contributed by atoms with Gasteiger partial charge in [0.1, 0.15) is 11.4 Å². The molecule has 0 atom stereocenters. The molecular weight excluding hydrogens is 390 g/mol. The predicted octanol–water partition coefficient (Wildman–Crippen LogP) is 3.47. The number of rotatable bonds is 6. The lowest BCUT2D eigenvalue weighted by atomic mass is 10.1. The Hall–Kier alpha value is -3.73. The normalized spacial score (nSPS) is 11.2. The highest BCUT2D eigenvalue weighted by molar-refractivity contribution is 7.92. The first-order chi connectivity index (χ1) is 13.2. The van der Waals surface area contributed by atoms with E-state index in [1.807, 2.05) is 0 Å². The number of hydrogen-bond donors (Lipinski definition) is 1. The first-order valence-electron chi connectivity index (χ1n) is 7.76. The predicted molar refractivity (Wildman–Crippen MR) is 101 cm³/mol. The second kappa shape index (κ2) is 7.12. The van der Waals surface area contributed by atoms with Crippen molar-refractivity contribution in [2.45, 2.75) is 4.90 Å². The highest BCUT2D eigenvalue weighted by Crippen LogP contribution is 2.40. The van der Waals surface area contributed by atoms with Gasteiger partial charge in [0.05, 0.1) is 33.3 Å². The van der Waals surface area contributed by atoms with Crippen molar-refractivity contribution in [1.82, 2.24) is 0 Å². The summed E-state index contributed by atoms with van der Waals surface area (Å²) >= 11 is 0. The van der Waals surface area contributed by atoms with E-state index in [9.17, 15) is 28.6 Å². The third-order valence-electron chi connectivity index (χ3n) is 4.00. The van der Waals surface area contributed by atoms with E-state index in [-0.39, 0.29) is 21.4 Å². The molecule has 0 heterocycles. The zero-order valence-corrected chi connectivity index (χ0v) is 15.2. The molecule has 3 aromatic rings. The first kappa shape index (κ1) is 19.0. The van der Waals surface area contributed by atoms with Gasteiger partial charge in [-0.25, -0.2) is 8.42 Å². The highest BCUT2D eigenvalue weighted by Gasteiger charge is 2.28. The third kappa shape index (κ3) is 3.42. The van der Waals surface area contributed by atoms with E-state index in [0.29, 0.717) is 5.75 Å². The molecule has 0 radical (unpaired) electrons. The minimum absolute atomic E-state index is 0.0421. The van der Waals surface area contributed by atoms with Crippen LogP contribution in [0.2, 0.25) is 0 Å². The molecule has 144 valence electrons. The lowest BCUT2D eigenvalue weighted by Gasteiger charge is -2.12. The molecule has 0 spiro atoms. The summed E-state index contributed by atoms with van der Waals surface area (Å²) < 4.78 is 32.6. The summed E-state index contributed by atoms with van der Waals surface area (Å²) in [6, 6.07) is 11.9. The van der Waals surface area contributed by atoms with E-state index in [4.69, 9.17) is 4.74 Å². The molecule has 0 aliphatic carbocycles. The molecule has 10 nitrogen and oxygen atoms in total. The number of non-ortho nitro benzene ring substituents is 1. The van der Waals surface area contributed by atoms with Gasteiger partial charge in [-0.05, 0) is 30.3 Å². The van der Waals surface area contributed by atoms with Crippen LogP contribution in [0.3, 0.4) is 0 Å². The lowest BCUT2D eigenvalue weighted by molar-refractivity contribution is -0.392. The zero-order valence-electron chi connectivity index (χ0n) is 14.4. The average Bonchev–Trinajstić information content (AvgIpc) is 2.67. The van der Waals surface area contributed by atoms with Crippen LogP contribution >= 0.6 is 0 Å². The van der Waals surface area contributed by atoms with Gasteiger partial charge < -0.3 is 4.74 Å². The van der Waals surface area contributed by atoms with E-state index in [1.165, 1.54) is 55.6 Å². The van der Waals surface area contributed by atoms with Crippen LogP contribution in [0.5, 0.6) is 5.75 Å². The van der Waals surface area contributed by atoms with Crippen molar-refractivity contribution in [3.63, 3.8) is 0 Å². The van der Waals surface area contributed by atoms with Crippen molar-refractivity contribution in [2.24, 2.45) is 0 Å². The van der Waals surface area contributed by atoms with Crippen molar-refractivity contribution in [1.29, 1.82) is 0 Å². The minimum Gasteiger partial charge on any atom is -0.497 e. The summed E-state index contributed by atoms with van der Waals surface area (Å²) in [6.07, 6.45) is 0. The second-order valence-corrected chi connectivity index (χ2v) is 7.31. The van der Waals surface area contributed by atoms with Gasteiger partial charge in [0.2, 0.25) is 0 Å². The number of anilines is 1. The molecule has 3 rings (SSSR count). The molecule has 11 heteroatoms. The van der Waals surface area contributed by atoms with Crippen molar-refractivity contribution in [3.05, 3.63) is 74.8 Å². The molecule has 0 amide bonds. The molecule has 28 heavy (non-hydrogen) atoms. The molecule has 0 saturated carbocycles. The number of methoxy groups -OCH3 is 1. The summed E-state index contributed by atoms with van der Waals surface area (Å²) in [5.74, 6) is 0.436. The van der Waals surface area contributed by atoms with Crippen molar-refractivity contribution >= 4 is 37.9 Å². The Morgan fingerprint density at radius 2 is 1.46 bits per heavy atom. The summed E-state index contributed by atoms with van der Waals surface area (Å²) in [5.41, 5.74) is -1.56. The number of benzene rings is 3. The van der Waals surface area contributed by atoms with Crippen LogP contribution in [0.4, 0.5) is 17.1 Å². The molecule has 0 saturated heterocycles. The molecule has 0 bridgehead atoms. The molecule has 0 aliphatic rings. The Morgan fingerprint density at radius 1 is 0.893 bits per heavy atom. The number of nitro groups is 2. The monoisotopic (exact) mass is 403 g/mol. The molecule has 1 N–H and O–H groups in total. The van der Waals surface area contributed by atoms with Gasteiger partial charge in [0.15, 0.2) is 0 Å². The molecular formula is C17H13N3O7S. The van der Waals surface area contributed by atoms with Crippen LogP contribution in [0.1, 0.15) is 0 Å². The van der Waals surface area contributed by atoms with Gasteiger partial charge in [0, 0.05) is 5.39 Å². The summed E-state index contributed by atoms with van der Waals surface area (Å²) in [6.45, 7) is 0.